The average molecular weight is 541 g/mol. The number of hydrogen-bond donors (Lipinski definition) is 1. The van der Waals surface area contributed by atoms with Crippen molar-refractivity contribution in [2.24, 2.45) is 4.99 Å². The van der Waals surface area contributed by atoms with Crippen LogP contribution in [0.2, 0.25) is 0 Å². The zero-order chi connectivity index (χ0) is 21.6. The van der Waals surface area contributed by atoms with E-state index in [2.05, 4.69) is 54.0 Å². The molecule has 0 bridgehead atoms. The van der Waals surface area contributed by atoms with Gasteiger partial charge in [0.25, 0.3) is 0 Å². The van der Waals surface area contributed by atoms with E-state index in [1.54, 1.807) is 0 Å². The minimum atomic E-state index is -0.233. The normalized spacial score (nSPS) is 15.5. The van der Waals surface area contributed by atoms with Gasteiger partial charge in [-0.2, -0.15) is 0 Å². The number of benzene rings is 1. The highest BCUT2D eigenvalue weighted by molar-refractivity contribution is 14.0. The quantitative estimate of drug-likeness (QED) is 0.338. The molecule has 1 saturated heterocycles. The minimum Gasteiger partial charge on any atom is -0.488 e. The Labute approximate surface area is 203 Å². The second-order valence-electron chi connectivity index (χ2n) is 8.68. The third kappa shape index (κ3) is 7.99. The lowest BCUT2D eigenvalue weighted by atomic mass is 10.1. The van der Waals surface area contributed by atoms with Gasteiger partial charge in [-0.1, -0.05) is 23.4 Å². The van der Waals surface area contributed by atoms with Gasteiger partial charge in [0.2, 0.25) is 0 Å². The van der Waals surface area contributed by atoms with Crippen LogP contribution in [0.1, 0.15) is 44.7 Å². The molecular weight excluding hydrogens is 505 g/mol. The Morgan fingerprint density at radius 3 is 2.52 bits per heavy atom. The molecule has 0 radical (unpaired) electrons. The molecule has 1 aliphatic heterocycles. The summed E-state index contributed by atoms with van der Waals surface area (Å²) < 4.78 is 11.3. The first-order valence-electron chi connectivity index (χ1n) is 10.8. The lowest BCUT2D eigenvalue weighted by molar-refractivity contribution is 0.129. The summed E-state index contributed by atoms with van der Waals surface area (Å²) in [5.41, 5.74) is 1.86. The van der Waals surface area contributed by atoms with Crippen LogP contribution in [0.5, 0.6) is 5.75 Å². The maximum absolute atomic E-state index is 6.12. The fourth-order valence-electron chi connectivity index (χ4n) is 3.49. The SMILES string of the molecule is CCNC(=NCc1ccccc1OC(C)(C)C)N1CCN(Cc2cc(C)on2)CC1.I. The number of ether oxygens (including phenoxy) is 1. The molecule has 0 spiro atoms. The third-order valence-corrected chi connectivity index (χ3v) is 4.86. The Morgan fingerprint density at radius 2 is 1.90 bits per heavy atom. The monoisotopic (exact) mass is 541 g/mol. The van der Waals surface area contributed by atoms with Gasteiger partial charge in [0, 0.05) is 50.9 Å². The van der Waals surface area contributed by atoms with Gasteiger partial charge in [0.1, 0.15) is 17.1 Å². The van der Waals surface area contributed by atoms with Gasteiger partial charge in [-0.25, -0.2) is 4.99 Å². The lowest BCUT2D eigenvalue weighted by Crippen LogP contribution is -2.52. The predicted molar refractivity (Wildman–Crippen MR) is 135 cm³/mol. The Hall–Kier alpha value is -1.81. The second kappa shape index (κ2) is 11.7. The van der Waals surface area contributed by atoms with Crippen molar-refractivity contribution < 1.29 is 9.26 Å². The molecule has 1 N–H and O–H groups in total. The van der Waals surface area contributed by atoms with Crippen LogP contribution in [0, 0.1) is 6.92 Å². The van der Waals surface area contributed by atoms with Crippen LogP contribution in [0.15, 0.2) is 39.8 Å². The first-order valence-corrected chi connectivity index (χ1v) is 10.8. The number of nitrogens with zero attached hydrogens (tertiary/aromatic N) is 4. The summed E-state index contributed by atoms with van der Waals surface area (Å²) in [5, 5.41) is 7.56. The van der Waals surface area contributed by atoms with Crippen molar-refractivity contribution in [1.29, 1.82) is 0 Å². The maximum atomic E-state index is 6.12. The highest BCUT2D eigenvalue weighted by Crippen LogP contribution is 2.23. The van der Waals surface area contributed by atoms with Gasteiger partial charge in [0.15, 0.2) is 5.96 Å². The molecule has 1 aliphatic rings. The first-order chi connectivity index (χ1) is 14.3. The van der Waals surface area contributed by atoms with Gasteiger partial charge >= 0.3 is 0 Å². The fourth-order valence-corrected chi connectivity index (χ4v) is 3.49. The molecule has 1 fully saturated rings. The minimum absolute atomic E-state index is 0. The van der Waals surface area contributed by atoms with Crippen LogP contribution < -0.4 is 10.1 Å². The molecule has 7 nitrogen and oxygen atoms in total. The Morgan fingerprint density at radius 1 is 1.19 bits per heavy atom. The van der Waals surface area contributed by atoms with E-state index in [0.29, 0.717) is 6.54 Å². The van der Waals surface area contributed by atoms with Crippen LogP contribution in [0.3, 0.4) is 0 Å². The predicted octanol–water partition coefficient (Wildman–Crippen LogP) is 4.06. The van der Waals surface area contributed by atoms with E-state index < -0.39 is 0 Å². The molecule has 8 heteroatoms. The van der Waals surface area contributed by atoms with Crippen molar-refractivity contribution in [3.63, 3.8) is 0 Å². The van der Waals surface area contributed by atoms with Crippen LogP contribution in [0.25, 0.3) is 0 Å². The van der Waals surface area contributed by atoms with Crippen molar-refractivity contribution in [2.75, 3.05) is 32.7 Å². The van der Waals surface area contributed by atoms with E-state index in [-0.39, 0.29) is 29.6 Å². The molecule has 0 aliphatic carbocycles. The van der Waals surface area contributed by atoms with Gasteiger partial charge in [0.05, 0.1) is 12.2 Å². The molecule has 31 heavy (non-hydrogen) atoms. The standard InChI is InChI=1S/C23H35N5O2.HI/c1-6-24-22(25-16-19-9-7-8-10-21(19)29-23(3,4)5)28-13-11-27(12-14-28)17-20-15-18(2)30-26-20;/h7-10,15H,6,11-14,16-17H2,1-5H3,(H,24,25);1H. The Balaban J connectivity index is 0.00000341. The maximum Gasteiger partial charge on any atom is 0.194 e. The summed E-state index contributed by atoms with van der Waals surface area (Å²) in [4.78, 5) is 9.66. The Kier molecular flexibility index (Phi) is 9.61. The van der Waals surface area contributed by atoms with Crippen LogP contribution in [0.4, 0.5) is 0 Å². The molecule has 2 aromatic rings. The molecule has 0 unspecified atom stereocenters. The molecule has 1 aromatic heterocycles. The number of hydrogen-bond acceptors (Lipinski definition) is 5. The number of guanidine groups is 1. The number of aryl methyl sites for hydroxylation is 1. The fraction of sp³-hybridized carbons (Fsp3) is 0.565. The molecule has 1 aromatic carbocycles. The summed E-state index contributed by atoms with van der Waals surface area (Å²) >= 11 is 0. The summed E-state index contributed by atoms with van der Waals surface area (Å²) in [5.74, 6) is 2.72. The van der Waals surface area contributed by atoms with Crippen molar-refractivity contribution in [1.82, 2.24) is 20.3 Å². The summed E-state index contributed by atoms with van der Waals surface area (Å²) in [7, 11) is 0. The van der Waals surface area contributed by atoms with E-state index in [4.69, 9.17) is 14.3 Å². The highest BCUT2D eigenvalue weighted by atomic mass is 127. The molecule has 0 amide bonds. The highest BCUT2D eigenvalue weighted by Gasteiger charge is 2.21. The molecule has 2 heterocycles. The van der Waals surface area contributed by atoms with Crippen molar-refractivity contribution >= 4 is 29.9 Å². The van der Waals surface area contributed by atoms with Gasteiger partial charge in [-0.3, -0.25) is 4.90 Å². The van der Waals surface area contributed by atoms with Crippen LogP contribution >= 0.6 is 24.0 Å². The van der Waals surface area contributed by atoms with Gasteiger partial charge < -0.3 is 19.5 Å². The average Bonchev–Trinajstić information content (AvgIpc) is 3.10. The summed E-state index contributed by atoms with van der Waals surface area (Å²) in [6.45, 7) is 16.3. The largest absolute Gasteiger partial charge is 0.488 e. The van der Waals surface area contributed by atoms with Gasteiger partial charge in [-0.05, 0) is 40.7 Å². The zero-order valence-electron chi connectivity index (χ0n) is 19.4. The summed E-state index contributed by atoms with van der Waals surface area (Å²) in [6.07, 6.45) is 0. The van der Waals surface area contributed by atoms with E-state index in [1.807, 2.05) is 31.2 Å². The summed E-state index contributed by atoms with van der Waals surface area (Å²) in [6, 6.07) is 10.2. The van der Waals surface area contributed by atoms with Crippen molar-refractivity contribution in [3.8, 4) is 5.75 Å². The van der Waals surface area contributed by atoms with E-state index in [1.165, 1.54) is 0 Å². The molecule has 172 valence electrons. The number of para-hydroxylation sites is 1. The number of aliphatic imine (C=N–C) groups is 1. The van der Waals surface area contributed by atoms with Crippen molar-refractivity contribution in [3.05, 3.63) is 47.3 Å². The lowest BCUT2D eigenvalue weighted by Gasteiger charge is -2.36. The Bertz CT molecular complexity index is 838. The topological polar surface area (TPSA) is 66.1 Å². The zero-order valence-corrected chi connectivity index (χ0v) is 21.7. The number of nitrogens with one attached hydrogen (secondary N) is 1. The molecule has 3 rings (SSSR count). The van der Waals surface area contributed by atoms with Crippen LogP contribution in [-0.2, 0) is 13.1 Å². The smallest absolute Gasteiger partial charge is 0.194 e. The van der Waals surface area contributed by atoms with E-state index in [0.717, 1.165) is 68.0 Å². The molecule has 0 atom stereocenters. The third-order valence-electron chi connectivity index (χ3n) is 4.86. The van der Waals surface area contributed by atoms with E-state index in [9.17, 15) is 0 Å². The van der Waals surface area contributed by atoms with Crippen LogP contribution in [-0.4, -0.2) is 59.2 Å². The van der Waals surface area contributed by atoms with E-state index >= 15 is 0 Å². The number of halogens is 1. The number of piperazine rings is 1. The molecular formula is C23H36IN5O2. The first kappa shape index (κ1) is 25.5. The number of rotatable bonds is 6. The number of aromatic nitrogens is 1. The van der Waals surface area contributed by atoms with Crippen molar-refractivity contribution in [2.45, 2.75) is 53.3 Å². The molecule has 0 saturated carbocycles. The second-order valence-corrected chi connectivity index (χ2v) is 8.68. The van der Waals surface area contributed by atoms with Gasteiger partial charge in [-0.15, -0.1) is 24.0 Å².